The van der Waals surface area contributed by atoms with Crippen LogP contribution < -0.4 is 0 Å². The standard InChI is InChI=1S/C29H30F3NO2S/c30-29(31,32)20-8-6-18(7-9-20)27(35)25-23(19-10-13-36-16-19)24-21(33-26(25)17-4-1-2-5-17)14-28(11-3-12-28)15-22(24)34/h6-10,13,16-17,22,27,34-35H,1-5,11-12,14-15H2/t22-,27+/m0/s1. The van der Waals surface area contributed by atoms with Crippen LogP contribution in [0.5, 0.6) is 0 Å². The van der Waals surface area contributed by atoms with E-state index in [1.54, 1.807) is 11.3 Å². The van der Waals surface area contributed by atoms with Gasteiger partial charge >= 0.3 is 6.18 Å². The monoisotopic (exact) mass is 513 g/mol. The molecule has 36 heavy (non-hydrogen) atoms. The van der Waals surface area contributed by atoms with E-state index in [0.29, 0.717) is 17.5 Å². The van der Waals surface area contributed by atoms with Crippen molar-refractivity contribution in [3.8, 4) is 11.1 Å². The first-order valence-corrected chi connectivity index (χ1v) is 13.8. The van der Waals surface area contributed by atoms with Crippen LogP contribution in [0, 0.1) is 5.41 Å². The van der Waals surface area contributed by atoms with Gasteiger partial charge in [-0.05, 0) is 89.6 Å². The van der Waals surface area contributed by atoms with Gasteiger partial charge in [0, 0.05) is 22.7 Å². The van der Waals surface area contributed by atoms with E-state index in [4.69, 9.17) is 4.98 Å². The predicted molar refractivity (Wildman–Crippen MR) is 134 cm³/mol. The molecular formula is C29H30F3NO2S. The van der Waals surface area contributed by atoms with Crippen LogP contribution in [-0.4, -0.2) is 15.2 Å². The molecule has 0 unspecified atom stereocenters. The molecule has 190 valence electrons. The van der Waals surface area contributed by atoms with Gasteiger partial charge in [-0.2, -0.15) is 24.5 Å². The Labute approximate surface area is 213 Å². The Hall–Kier alpha value is -2.22. The van der Waals surface area contributed by atoms with E-state index < -0.39 is 23.9 Å². The third-order valence-corrected chi connectivity index (χ3v) is 9.36. The fourth-order valence-electron chi connectivity index (χ4n) is 6.70. The van der Waals surface area contributed by atoms with E-state index in [9.17, 15) is 23.4 Å². The Kier molecular flexibility index (Phi) is 6.01. The van der Waals surface area contributed by atoms with E-state index in [0.717, 1.165) is 85.2 Å². The number of hydrogen-bond donors (Lipinski definition) is 2. The van der Waals surface area contributed by atoms with E-state index >= 15 is 0 Å². The van der Waals surface area contributed by atoms with Gasteiger partial charge in [-0.25, -0.2) is 0 Å². The molecule has 0 saturated heterocycles. The molecule has 0 radical (unpaired) electrons. The smallest absolute Gasteiger partial charge is 0.388 e. The van der Waals surface area contributed by atoms with E-state index in [2.05, 4.69) is 0 Å². The highest BCUT2D eigenvalue weighted by atomic mass is 32.1. The molecule has 2 saturated carbocycles. The Morgan fingerprint density at radius 3 is 2.33 bits per heavy atom. The molecule has 0 aliphatic heterocycles. The molecule has 0 amide bonds. The summed E-state index contributed by atoms with van der Waals surface area (Å²) in [6.45, 7) is 0. The van der Waals surface area contributed by atoms with Crippen molar-refractivity contribution in [2.75, 3.05) is 0 Å². The van der Waals surface area contributed by atoms with Crippen molar-refractivity contribution >= 4 is 11.3 Å². The largest absolute Gasteiger partial charge is 0.416 e. The first kappa shape index (κ1) is 24.1. The second-order valence-corrected chi connectivity index (χ2v) is 11.7. The fraction of sp³-hybridized carbons (Fsp3) is 0.483. The Balaban J connectivity index is 1.56. The highest BCUT2D eigenvalue weighted by Crippen LogP contribution is 2.56. The number of rotatable bonds is 4. The summed E-state index contributed by atoms with van der Waals surface area (Å²) in [7, 11) is 0. The van der Waals surface area contributed by atoms with Gasteiger partial charge in [0.2, 0.25) is 0 Å². The predicted octanol–water partition coefficient (Wildman–Crippen LogP) is 7.72. The number of pyridine rings is 1. The molecule has 1 spiro atoms. The number of nitrogens with zero attached hydrogens (tertiary/aromatic N) is 1. The number of fused-ring (bicyclic) bond motifs is 1. The first-order chi connectivity index (χ1) is 17.3. The average molecular weight is 514 g/mol. The summed E-state index contributed by atoms with van der Waals surface area (Å²) >= 11 is 1.55. The van der Waals surface area contributed by atoms with Gasteiger partial charge in [-0.1, -0.05) is 31.4 Å². The number of hydrogen-bond acceptors (Lipinski definition) is 4. The molecule has 3 aliphatic rings. The number of aliphatic hydroxyl groups excluding tert-OH is 2. The molecule has 1 aromatic carbocycles. The van der Waals surface area contributed by atoms with E-state index in [1.807, 2.05) is 16.8 Å². The molecular weight excluding hydrogens is 483 g/mol. The fourth-order valence-corrected chi connectivity index (χ4v) is 7.35. The molecule has 2 heterocycles. The van der Waals surface area contributed by atoms with Crippen molar-refractivity contribution in [1.29, 1.82) is 0 Å². The SMILES string of the molecule is O[C@H](c1ccc(C(F)(F)F)cc1)c1c(C2CCCC2)nc2c(c1-c1ccsc1)[C@@H](O)CC1(CCC1)C2. The molecule has 2 N–H and O–H groups in total. The van der Waals surface area contributed by atoms with Crippen LogP contribution >= 0.6 is 11.3 Å². The molecule has 2 atom stereocenters. The highest BCUT2D eigenvalue weighted by Gasteiger charge is 2.46. The summed E-state index contributed by atoms with van der Waals surface area (Å²) < 4.78 is 39.6. The lowest BCUT2D eigenvalue weighted by molar-refractivity contribution is -0.137. The van der Waals surface area contributed by atoms with Crippen LogP contribution in [0.1, 0.15) is 103 Å². The van der Waals surface area contributed by atoms with Crippen LogP contribution in [-0.2, 0) is 12.6 Å². The van der Waals surface area contributed by atoms with Gasteiger partial charge < -0.3 is 10.2 Å². The molecule has 3 aliphatic carbocycles. The zero-order valence-corrected chi connectivity index (χ0v) is 20.8. The summed E-state index contributed by atoms with van der Waals surface area (Å²) in [5, 5.41) is 27.2. The Bertz CT molecular complexity index is 1240. The third-order valence-electron chi connectivity index (χ3n) is 8.68. The van der Waals surface area contributed by atoms with E-state index in [-0.39, 0.29) is 11.3 Å². The maximum Gasteiger partial charge on any atom is 0.416 e. The number of thiophene rings is 1. The van der Waals surface area contributed by atoms with Gasteiger partial charge in [0.25, 0.3) is 0 Å². The zero-order valence-electron chi connectivity index (χ0n) is 20.0. The maximum atomic E-state index is 13.2. The maximum absolute atomic E-state index is 13.2. The van der Waals surface area contributed by atoms with Crippen molar-refractivity contribution in [3.05, 3.63) is 74.7 Å². The van der Waals surface area contributed by atoms with Crippen LogP contribution in [0.25, 0.3) is 11.1 Å². The number of alkyl halides is 3. The van der Waals surface area contributed by atoms with Gasteiger partial charge in [-0.15, -0.1) is 0 Å². The van der Waals surface area contributed by atoms with Crippen molar-refractivity contribution in [2.24, 2.45) is 5.41 Å². The van der Waals surface area contributed by atoms with Crippen LogP contribution in [0.3, 0.4) is 0 Å². The zero-order chi connectivity index (χ0) is 25.1. The van der Waals surface area contributed by atoms with Gasteiger partial charge in [0.15, 0.2) is 0 Å². The van der Waals surface area contributed by atoms with Crippen LogP contribution in [0.2, 0.25) is 0 Å². The van der Waals surface area contributed by atoms with Crippen molar-refractivity contribution < 1.29 is 23.4 Å². The summed E-state index contributed by atoms with van der Waals surface area (Å²) in [5.74, 6) is 0.197. The van der Waals surface area contributed by atoms with E-state index in [1.165, 1.54) is 18.6 Å². The molecule has 2 fully saturated rings. The lowest BCUT2D eigenvalue weighted by Gasteiger charge is -2.47. The number of halogens is 3. The number of benzene rings is 1. The normalized spacial score (nSPS) is 22.4. The molecule has 6 rings (SSSR count). The second kappa shape index (κ2) is 8.96. The number of aromatic nitrogens is 1. The van der Waals surface area contributed by atoms with Crippen molar-refractivity contribution in [2.45, 2.75) is 82.1 Å². The number of aliphatic hydroxyl groups is 2. The van der Waals surface area contributed by atoms with Crippen LogP contribution in [0.4, 0.5) is 13.2 Å². The Morgan fingerprint density at radius 2 is 1.75 bits per heavy atom. The van der Waals surface area contributed by atoms with Crippen LogP contribution in [0.15, 0.2) is 41.1 Å². The summed E-state index contributed by atoms with van der Waals surface area (Å²) in [5.41, 5.74) is 4.81. The summed E-state index contributed by atoms with van der Waals surface area (Å²) in [6, 6.07) is 6.78. The van der Waals surface area contributed by atoms with Gasteiger partial charge in [-0.3, -0.25) is 4.98 Å². The summed E-state index contributed by atoms with van der Waals surface area (Å²) in [6.07, 6.45) is 2.83. The van der Waals surface area contributed by atoms with Crippen molar-refractivity contribution in [3.63, 3.8) is 0 Å². The highest BCUT2D eigenvalue weighted by molar-refractivity contribution is 7.08. The second-order valence-electron chi connectivity index (χ2n) is 10.9. The summed E-state index contributed by atoms with van der Waals surface area (Å²) in [4.78, 5) is 5.20. The minimum atomic E-state index is -4.44. The lowest BCUT2D eigenvalue weighted by atomic mass is 9.59. The minimum absolute atomic E-state index is 0.117. The Morgan fingerprint density at radius 1 is 1.03 bits per heavy atom. The lowest BCUT2D eigenvalue weighted by Crippen LogP contribution is -2.38. The first-order valence-electron chi connectivity index (χ1n) is 12.9. The molecule has 0 bridgehead atoms. The van der Waals surface area contributed by atoms with Gasteiger partial charge in [0.05, 0.1) is 17.4 Å². The third kappa shape index (κ3) is 4.09. The topological polar surface area (TPSA) is 53.4 Å². The average Bonchev–Trinajstić information content (AvgIpc) is 3.55. The molecule has 2 aromatic heterocycles. The quantitative estimate of drug-likeness (QED) is 0.376. The molecule has 3 nitrogen and oxygen atoms in total. The van der Waals surface area contributed by atoms with Crippen molar-refractivity contribution in [1.82, 2.24) is 4.98 Å². The molecule has 7 heteroatoms. The van der Waals surface area contributed by atoms with Gasteiger partial charge in [0.1, 0.15) is 6.10 Å². The molecule has 3 aromatic rings. The minimum Gasteiger partial charge on any atom is -0.388 e.